The summed E-state index contributed by atoms with van der Waals surface area (Å²) in [5, 5.41) is 15.3. The summed E-state index contributed by atoms with van der Waals surface area (Å²) < 4.78 is 0. The van der Waals surface area contributed by atoms with Crippen LogP contribution in [0.25, 0.3) is 10.9 Å². The van der Waals surface area contributed by atoms with E-state index in [0.29, 0.717) is 24.5 Å². The molecule has 1 amide bonds. The van der Waals surface area contributed by atoms with Gasteiger partial charge in [0.1, 0.15) is 5.69 Å². The molecule has 0 saturated carbocycles. The van der Waals surface area contributed by atoms with Crippen molar-refractivity contribution in [3.8, 4) is 0 Å². The molecule has 0 spiro atoms. The zero-order valence-electron chi connectivity index (χ0n) is 16.0. The summed E-state index contributed by atoms with van der Waals surface area (Å²) in [4.78, 5) is 32.4. The van der Waals surface area contributed by atoms with E-state index in [0.717, 1.165) is 24.0 Å². The Morgan fingerprint density at radius 3 is 2.62 bits per heavy atom. The number of piperazine rings is 1. The molecule has 1 fully saturated rings. The third-order valence-electron chi connectivity index (χ3n) is 5.13. The molecular formula is C21H21N5O3. The molecule has 2 heterocycles. The minimum atomic E-state index is -0.429. The number of carbonyl (C=O) groups excluding carboxylic acids is 1. The highest BCUT2D eigenvalue weighted by molar-refractivity contribution is 6.05. The van der Waals surface area contributed by atoms with Crippen LogP contribution in [-0.2, 0) is 0 Å². The van der Waals surface area contributed by atoms with Crippen molar-refractivity contribution in [1.82, 2.24) is 9.88 Å². The van der Waals surface area contributed by atoms with Crippen molar-refractivity contribution in [3.63, 3.8) is 0 Å². The summed E-state index contributed by atoms with van der Waals surface area (Å²) >= 11 is 0. The third-order valence-corrected chi connectivity index (χ3v) is 5.13. The molecule has 8 nitrogen and oxygen atoms in total. The molecule has 0 bridgehead atoms. The van der Waals surface area contributed by atoms with Gasteiger partial charge in [-0.25, -0.2) is 0 Å². The van der Waals surface area contributed by atoms with Crippen molar-refractivity contribution in [3.05, 3.63) is 70.4 Å². The topological polar surface area (TPSA) is 91.6 Å². The molecule has 0 radical (unpaired) electrons. The maximum Gasteiger partial charge on any atom is 0.293 e. The number of anilines is 2. The van der Waals surface area contributed by atoms with E-state index in [1.807, 2.05) is 42.3 Å². The number of likely N-dealkylation sites (N-methyl/N-ethyl adjacent to an activating group) is 1. The van der Waals surface area contributed by atoms with Crippen molar-refractivity contribution in [2.45, 2.75) is 0 Å². The standard InChI is InChI=1S/C21H21N5O3/c1-24-8-10-25(11-9-24)19-7-6-16(13-20(19)26(28)29)21(27)23-17-12-15-4-2-3-5-18(15)22-14-17/h2-7,12-14H,8-11H2,1H3,(H,23,27). The summed E-state index contributed by atoms with van der Waals surface area (Å²) in [5.74, 6) is -0.407. The van der Waals surface area contributed by atoms with Crippen molar-refractivity contribution in [2.24, 2.45) is 0 Å². The predicted molar refractivity (Wildman–Crippen MR) is 113 cm³/mol. The Morgan fingerprint density at radius 1 is 1.10 bits per heavy atom. The predicted octanol–water partition coefficient (Wildman–Crippen LogP) is 3.15. The van der Waals surface area contributed by atoms with Gasteiger partial charge in [0.15, 0.2) is 0 Å². The van der Waals surface area contributed by atoms with Crippen molar-refractivity contribution in [2.75, 3.05) is 43.4 Å². The van der Waals surface area contributed by atoms with E-state index < -0.39 is 10.8 Å². The number of rotatable bonds is 4. The van der Waals surface area contributed by atoms with Crippen molar-refractivity contribution >= 4 is 33.9 Å². The fraction of sp³-hybridized carbons (Fsp3) is 0.238. The average Bonchev–Trinajstić information content (AvgIpc) is 2.74. The number of fused-ring (bicyclic) bond motifs is 1. The number of aromatic nitrogens is 1. The number of hydrogen-bond acceptors (Lipinski definition) is 6. The number of benzene rings is 2. The smallest absolute Gasteiger partial charge is 0.293 e. The summed E-state index contributed by atoms with van der Waals surface area (Å²) in [6, 6.07) is 14.1. The van der Waals surface area contributed by atoms with Crippen molar-refractivity contribution < 1.29 is 9.72 Å². The van der Waals surface area contributed by atoms with Crippen LogP contribution in [-0.4, -0.2) is 53.9 Å². The lowest BCUT2D eigenvalue weighted by molar-refractivity contribution is -0.384. The second-order valence-corrected chi connectivity index (χ2v) is 7.12. The molecule has 0 unspecified atom stereocenters. The Hall–Kier alpha value is -3.52. The molecule has 0 aliphatic carbocycles. The first-order valence-corrected chi connectivity index (χ1v) is 9.39. The third kappa shape index (κ3) is 4.02. The molecule has 4 rings (SSSR count). The van der Waals surface area contributed by atoms with E-state index in [1.165, 1.54) is 6.07 Å². The fourth-order valence-electron chi connectivity index (χ4n) is 3.47. The van der Waals surface area contributed by atoms with Crippen LogP contribution in [0.4, 0.5) is 17.1 Å². The molecule has 1 aliphatic heterocycles. The highest BCUT2D eigenvalue weighted by atomic mass is 16.6. The number of pyridine rings is 1. The molecule has 1 aliphatic rings. The molecule has 3 aromatic rings. The first kappa shape index (κ1) is 18.8. The molecule has 1 saturated heterocycles. The minimum absolute atomic E-state index is 0.0566. The van der Waals surface area contributed by atoms with Gasteiger partial charge in [-0.15, -0.1) is 0 Å². The van der Waals surface area contributed by atoms with Gasteiger partial charge in [0.05, 0.1) is 22.3 Å². The number of carbonyl (C=O) groups is 1. The Kier molecular flexibility index (Phi) is 5.09. The molecule has 148 valence electrons. The molecule has 8 heteroatoms. The average molecular weight is 391 g/mol. The van der Waals surface area contributed by atoms with Gasteiger partial charge in [-0.05, 0) is 31.3 Å². The van der Waals surface area contributed by atoms with E-state index in [-0.39, 0.29) is 11.3 Å². The van der Waals surface area contributed by atoms with Gasteiger partial charge in [-0.1, -0.05) is 18.2 Å². The van der Waals surface area contributed by atoms with E-state index in [1.54, 1.807) is 18.3 Å². The lowest BCUT2D eigenvalue weighted by atomic mass is 10.1. The quantitative estimate of drug-likeness (QED) is 0.543. The van der Waals surface area contributed by atoms with E-state index in [2.05, 4.69) is 15.2 Å². The first-order valence-electron chi connectivity index (χ1n) is 9.39. The van der Waals surface area contributed by atoms with E-state index in [4.69, 9.17) is 0 Å². The molecule has 29 heavy (non-hydrogen) atoms. The summed E-state index contributed by atoms with van der Waals surface area (Å²) in [6.07, 6.45) is 1.58. The van der Waals surface area contributed by atoms with Gasteiger partial charge in [-0.2, -0.15) is 0 Å². The number of amides is 1. The van der Waals surface area contributed by atoms with Crippen LogP contribution in [0.3, 0.4) is 0 Å². The lowest BCUT2D eigenvalue weighted by Gasteiger charge is -2.33. The largest absolute Gasteiger partial charge is 0.363 e. The van der Waals surface area contributed by atoms with Gasteiger partial charge >= 0.3 is 0 Å². The Morgan fingerprint density at radius 2 is 1.86 bits per heavy atom. The van der Waals surface area contributed by atoms with E-state index in [9.17, 15) is 14.9 Å². The highest BCUT2D eigenvalue weighted by Gasteiger charge is 2.24. The number of nitro benzene ring substituents is 1. The fourth-order valence-corrected chi connectivity index (χ4v) is 3.47. The number of nitrogens with one attached hydrogen (secondary N) is 1. The van der Waals surface area contributed by atoms with Crippen LogP contribution < -0.4 is 10.2 Å². The normalized spacial score (nSPS) is 14.7. The van der Waals surface area contributed by atoms with Gasteiger partial charge in [0.25, 0.3) is 11.6 Å². The highest BCUT2D eigenvalue weighted by Crippen LogP contribution is 2.30. The zero-order valence-corrected chi connectivity index (χ0v) is 16.0. The van der Waals surface area contributed by atoms with Gasteiger partial charge < -0.3 is 15.1 Å². The minimum Gasteiger partial charge on any atom is -0.363 e. The molecule has 0 atom stereocenters. The van der Waals surface area contributed by atoms with Crippen LogP contribution in [0.5, 0.6) is 0 Å². The number of nitrogens with zero attached hydrogens (tertiary/aromatic N) is 4. The Bertz CT molecular complexity index is 1080. The Labute approximate surface area is 167 Å². The van der Waals surface area contributed by atoms with E-state index >= 15 is 0 Å². The SMILES string of the molecule is CN1CCN(c2ccc(C(=O)Nc3cnc4ccccc4c3)cc2[N+](=O)[O-])CC1. The maximum absolute atomic E-state index is 12.7. The molecule has 1 aromatic heterocycles. The number of nitro groups is 1. The second-order valence-electron chi connectivity index (χ2n) is 7.12. The summed E-state index contributed by atoms with van der Waals surface area (Å²) in [7, 11) is 2.03. The first-order chi connectivity index (χ1) is 14.0. The molecular weight excluding hydrogens is 370 g/mol. The molecule has 2 aromatic carbocycles. The van der Waals surface area contributed by atoms with Crippen LogP contribution in [0.1, 0.15) is 10.4 Å². The van der Waals surface area contributed by atoms with Gasteiger partial charge in [-0.3, -0.25) is 19.9 Å². The zero-order chi connectivity index (χ0) is 20.4. The van der Waals surface area contributed by atoms with Crippen LogP contribution >= 0.6 is 0 Å². The van der Waals surface area contributed by atoms with Gasteiger partial charge in [0, 0.05) is 43.2 Å². The van der Waals surface area contributed by atoms with Crippen LogP contribution in [0.15, 0.2) is 54.7 Å². The van der Waals surface area contributed by atoms with Crippen molar-refractivity contribution in [1.29, 1.82) is 0 Å². The monoisotopic (exact) mass is 391 g/mol. The van der Waals surface area contributed by atoms with Crippen LogP contribution in [0.2, 0.25) is 0 Å². The second kappa shape index (κ2) is 7.84. The summed E-state index contributed by atoms with van der Waals surface area (Å²) in [6.45, 7) is 3.11. The number of hydrogen-bond donors (Lipinski definition) is 1. The summed E-state index contributed by atoms with van der Waals surface area (Å²) in [5.41, 5.74) is 2.10. The molecule has 1 N–H and O–H groups in total. The van der Waals surface area contributed by atoms with Crippen LogP contribution in [0, 0.1) is 10.1 Å². The number of para-hydroxylation sites is 1. The lowest BCUT2D eigenvalue weighted by Crippen LogP contribution is -2.44. The van der Waals surface area contributed by atoms with Gasteiger partial charge in [0.2, 0.25) is 0 Å². The Balaban J connectivity index is 1.57. The maximum atomic E-state index is 12.7.